The Morgan fingerprint density at radius 2 is 2.12 bits per heavy atom. The zero-order valence-electron chi connectivity index (χ0n) is 8.54. The van der Waals surface area contributed by atoms with Gasteiger partial charge in [0.1, 0.15) is 0 Å². The fourth-order valence-electron chi connectivity index (χ4n) is 1.56. The van der Waals surface area contributed by atoms with Crippen LogP contribution in [0.4, 0.5) is 13.2 Å². The summed E-state index contributed by atoms with van der Waals surface area (Å²) in [5, 5.41) is 0. The third kappa shape index (κ3) is 2.68. The van der Waals surface area contributed by atoms with E-state index in [1.165, 1.54) is 18.2 Å². The molecule has 0 fully saturated rings. The molecule has 2 aromatic rings. The molecule has 1 unspecified atom stereocenters. The average molecular weight is 246 g/mol. The average Bonchev–Trinajstić information content (AvgIpc) is 2.53. The predicted octanol–water partition coefficient (Wildman–Crippen LogP) is 2.07. The van der Waals surface area contributed by atoms with Crippen molar-refractivity contribution in [3.8, 4) is 0 Å². The number of aromatic nitrogens is 1. The van der Waals surface area contributed by atoms with Gasteiger partial charge in [-0.3, -0.25) is 4.98 Å². The summed E-state index contributed by atoms with van der Waals surface area (Å²) in [5.41, 5.74) is 6.33. The fourth-order valence-corrected chi connectivity index (χ4v) is 1.56. The van der Waals surface area contributed by atoms with Gasteiger partial charge in [-0.05, 0) is 17.7 Å². The molecule has 0 radical (unpaired) electrons. The van der Waals surface area contributed by atoms with Crippen molar-refractivity contribution < 1.29 is 17.6 Å². The first-order chi connectivity index (χ1) is 7.85. The van der Waals surface area contributed by atoms with Crippen molar-refractivity contribution in [3.05, 3.63) is 34.3 Å². The Balaban J connectivity index is 2.32. The first kappa shape index (κ1) is 11.7. The topological polar surface area (TPSA) is 72.0 Å². The van der Waals surface area contributed by atoms with Crippen molar-refractivity contribution in [2.75, 3.05) is 0 Å². The molecule has 92 valence electrons. The summed E-state index contributed by atoms with van der Waals surface area (Å²) in [6.07, 6.45) is -5.44. The molecule has 3 N–H and O–H groups in total. The second kappa shape index (κ2) is 3.92. The van der Waals surface area contributed by atoms with Gasteiger partial charge >= 0.3 is 11.9 Å². The fraction of sp³-hybridized carbons (Fsp3) is 0.300. The van der Waals surface area contributed by atoms with E-state index < -0.39 is 24.4 Å². The zero-order chi connectivity index (χ0) is 12.6. The molecule has 0 bridgehead atoms. The summed E-state index contributed by atoms with van der Waals surface area (Å²) in [6.45, 7) is 0. The normalized spacial score (nSPS) is 14.1. The monoisotopic (exact) mass is 246 g/mol. The lowest BCUT2D eigenvalue weighted by molar-refractivity contribution is -0.138. The van der Waals surface area contributed by atoms with Gasteiger partial charge < -0.3 is 10.2 Å². The van der Waals surface area contributed by atoms with E-state index in [4.69, 9.17) is 10.2 Å². The van der Waals surface area contributed by atoms with E-state index in [1.807, 2.05) is 0 Å². The lowest BCUT2D eigenvalue weighted by Gasteiger charge is -2.13. The summed E-state index contributed by atoms with van der Waals surface area (Å²) in [4.78, 5) is 13.3. The highest BCUT2D eigenvalue weighted by Gasteiger charge is 2.31. The molecule has 0 spiro atoms. The van der Waals surface area contributed by atoms with Crippen molar-refractivity contribution in [2.45, 2.75) is 18.6 Å². The molecule has 0 aliphatic carbocycles. The van der Waals surface area contributed by atoms with Gasteiger partial charge in [-0.15, -0.1) is 0 Å². The second-order valence-corrected chi connectivity index (χ2v) is 3.70. The minimum Gasteiger partial charge on any atom is -0.408 e. The third-order valence-corrected chi connectivity index (χ3v) is 2.32. The predicted molar refractivity (Wildman–Crippen MR) is 54.4 cm³/mol. The number of H-pyrrole nitrogens is 1. The molecule has 17 heavy (non-hydrogen) atoms. The van der Waals surface area contributed by atoms with Crippen LogP contribution in [0, 0.1) is 0 Å². The van der Waals surface area contributed by atoms with E-state index in [0.29, 0.717) is 5.52 Å². The molecule has 7 heteroatoms. The number of aromatic amines is 1. The van der Waals surface area contributed by atoms with Crippen LogP contribution in [-0.2, 0) is 0 Å². The number of halogens is 3. The Morgan fingerprint density at radius 3 is 2.76 bits per heavy atom. The van der Waals surface area contributed by atoms with Crippen LogP contribution < -0.4 is 11.5 Å². The molecule has 1 heterocycles. The zero-order valence-corrected chi connectivity index (χ0v) is 8.54. The van der Waals surface area contributed by atoms with Crippen LogP contribution in [0.5, 0.6) is 0 Å². The van der Waals surface area contributed by atoms with Crippen molar-refractivity contribution in [1.29, 1.82) is 0 Å². The maximum atomic E-state index is 12.2. The van der Waals surface area contributed by atoms with Crippen LogP contribution in [0.3, 0.4) is 0 Å². The minimum atomic E-state index is -4.33. The number of oxazole rings is 1. The van der Waals surface area contributed by atoms with Crippen molar-refractivity contribution in [3.63, 3.8) is 0 Å². The molecule has 1 aromatic heterocycles. The smallest absolute Gasteiger partial charge is 0.408 e. The first-order valence-electron chi connectivity index (χ1n) is 4.80. The largest absolute Gasteiger partial charge is 0.417 e. The number of nitrogens with one attached hydrogen (secondary N) is 1. The van der Waals surface area contributed by atoms with E-state index in [9.17, 15) is 18.0 Å². The van der Waals surface area contributed by atoms with E-state index >= 15 is 0 Å². The number of fused-ring (bicyclic) bond motifs is 1. The SMILES string of the molecule is NC(CC(F)(F)F)c1ccc2[nH]c(=O)oc2c1. The molecule has 0 aliphatic rings. The van der Waals surface area contributed by atoms with Gasteiger partial charge in [-0.2, -0.15) is 13.2 Å². The van der Waals surface area contributed by atoms with Gasteiger partial charge in [0.25, 0.3) is 0 Å². The van der Waals surface area contributed by atoms with Crippen molar-refractivity contribution >= 4 is 11.1 Å². The standard InChI is InChI=1S/C10H9F3N2O2/c11-10(12,13)4-6(14)5-1-2-7-8(3-5)17-9(16)15-7/h1-3,6H,4,14H2,(H,15,16). The Morgan fingerprint density at radius 1 is 1.41 bits per heavy atom. The first-order valence-corrected chi connectivity index (χ1v) is 4.80. The molecule has 4 nitrogen and oxygen atoms in total. The summed E-state index contributed by atoms with van der Waals surface area (Å²) in [5.74, 6) is -0.651. The minimum absolute atomic E-state index is 0.199. The van der Waals surface area contributed by atoms with Crippen molar-refractivity contribution in [2.24, 2.45) is 5.73 Å². The Kier molecular flexibility index (Phi) is 2.70. The molecule has 1 atom stereocenters. The molecule has 0 aliphatic heterocycles. The highest BCUT2D eigenvalue weighted by atomic mass is 19.4. The number of alkyl halides is 3. The molecule has 0 amide bonds. The maximum absolute atomic E-state index is 12.2. The van der Waals surface area contributed by atoms with Crippen LogP contribution in [-0.4, -0.2) is 11.2 Å². The third-order valence-electron chi connectivity index (χ3n) is 2.32. The molecule has 2 rings (SSSR count). The van der Waals surface area contributed by atoms with Gasteiger partial charge in [0.05, 0.1) is 11.9 Å². The number of nitrogens with two attached hydrogens (primary N) is 1. The molecule has 0 saturated heterocycles. The van der Waals surface area contributed by atoms with Gasteiger partial charge in [0, 0.05) is 6.04 Å². The summed E-state index contributed by atoms with van der Waals surface area (Å²) >= 11 is 0. The van der Waals surface area contributed by atoms with Crippen LogP contribution >= 0.6 is 0 Å². The lowest BCUT2D eigenvalue weighted by atomic mass is 10.0. The van der Waals surface area contributed by atoms with Crippen LogP contribution in [0.2, 0.25) is 0 Å². The second-order valence-electron chi connectivity index (χ2n) is 3.70. The Bertz CT molecular complexity index is 585. The van der Waals surface area contributed by atoms with Crippen LogP contribution in [0.25, 0.3) is 11.1 Å². The number of hydrogen-bond acceptors (Lipinski definition) is 3. The number of benzene rings is 1. The summed E-state index contributed by atoms with van der Waals surface area (Å²) < 4.78 is 41.2. The van der Waals surface area contributed by atoms with Gasteiger partial charge in [0.2, 0.25) is 0 Å². The molecular formula is C10H9F3N2O2. The molecule has 0 saturated carbocycles. The number of rotatable bonds is 2. The quantitative estimate of drug-likeness (QED) is 0.852. The summed E-state index contributed by atoms with van der Waals surface area (Å²) in [6, 6.07) is 3.07. The Labute approximate surface area is 93.2 Å². The van der Waals surface area contributed by atoms with E-state index in [-0.39, 0.29) is 11.1 Å². The van der Waals surface area contributed by atoms with Gasteiger partial charge in [-0.25, -0.2) is 4.79 Å². The lowest BCUT2D eigenvalue weighted by Crippen LogP contribution is -2.20. The van der Waals surface area contributed by atoms with E-state index in [1.54, 1.807) is 0 Å². The molecule has 1 aromatic carbocycles. The van der Waals surface area contributed by atoms with Crippen LogP contribution in [0.1, 0.15) is 18.0 Å². The van der Waals surface area contributed by atoms with Crippen molar-refractivity contribution in [1.82, 2.24) is 4.98 Å². The maximum Gasteiger partial charge on any atom is 0.417 e. The van der Waals surface area contributed by atoms with E-state index in [2.05, 4.69) is 4.98 Å². The van der Waals surface area contributed by atoms with Gasteiger partial charge in [-0.1, -0.05) is 6.07 Å². The van der Waals surface area contributed by atoms with E-state index in [0.717, 1.165) is 0 Å². The number of hydrogen-bond donors (Lipinski definition) is 2. The van der Waals surface area contributed by atoms with Gasteiger partial charge in [0.15, 0.2) is 5.58 Å². The highest BCUT2D eigenvalue weighted by Crippen LogP contribution is 2.28. The Hall–Kier alpha value is -1.76. The van der Waals surface area contributed by atoms with Crippen LogP contribution in [0.15, 0.2) is 27.4 Å². The summed E-state index contributed by atoms with van der Waals surface area (Å²) in [7, 11) is 0. The molecular weight excluding hydrogens is 237 g/mol. The highest BCUT2D eigenvalue weighted by molar-refractivity contribution is 5.72.